The molecule has 0 spiro atoms. The van der Waals surface area contributed by atoms with Crippen LogP contribution >= 0.6 is 0 Å². The molecule has 0 aromatic heterocycles. The number of benzene rings is 1. The number of primary amides is 1. The van der Waals surface area contributed by atoms with Crippen LogP contribution in [0.15, 0.2) is 18.2 Å². The highest BCUT2D eigenvalue weighted by molar-refractivity contribution is 5.95. The largest absolute Gasteiger partial charge is 0.397 e. The zero-order chi connectivity index (χ0) is 14.0. The molecule has 1 heterocycles. The zero-order valence-electron chi connectivity index (χ0n) is 11.6. The Kier molecular flexibility index (Phi) is 3.95. The third kappa shape index (κ3) is 2.98. The highest BCUT2D eigenvalue weighted by Crippen LogP contribution is 2.28. The normalized spacial score (nSPS) is 17.4. The topological polar surface area (TPSA) is 75.6 Å². The van der Waals surface area contributed by atoms with E-state index in [0.29, 0.717) is 17.3 Å². The average Bonchev–Trinajstić information content (AvgIpc) is 2.39. The van der Waals surface area contributed by atoms with E-state index in [4.69, 9.17) is 11.5 Å². The summed E-state index contributed by atoms with van der Waals surface area (Å²) < 4.78 is 0. The lowest BCUT2D eigenvalue weighted by Gasteiger charge is -2.37. The van der Waals surface area contributed by atoms with Crippen molar-refractivity contribution in [2.45, 2.75) is 18.9 Å². The third-order valence-electron chi connectivity index (χ3n) is 3.93. The monoisotopic (exact) mass is 262 g/mol. The molecule has 5 heteroatoms. The number of nitrogens with zero attached hydrogens (tertiary/aromatic N) is 2. The second-order valence-electron chi connectivity index (χ2n) is 5.28. The summed E-state index contributed by atoms with van der Waals surface area (Å²) in [5, 5.41) is 0. The number of likely N-dealkylation sites (tertiary alicyclic amines) is 1. The Morgan fingerprint density at radius 1 is 1.37 bits per heavy atom. The molecule has 1 aromatic rings. The average molecular weight is 262 g/mol. The number of piperidine rings is 1. The van der Waals surface area contributed by atoms with Gasteiger partial charge in [-0.25, -0.2) is 0 Å². The Bertz CT molecular complexity index is 467. The van der Waals surface area contributed by atoms with E-state index in [1.54, 1.807) is 18.2 Å². The molecule has 0 atom stereocenters. The molecule has 104 valence electrons. The number of hydrogen-bond donors (Lipinski definition) is 2. The second-order valence-corrected chi connectivity index (χ2v) is 5.28. The van der Waals surface area contributed by atoms with Gasteiger partial charge in [0.05, 0.1) is 11.4 Å². The van der Waals surface area contributed by atoms with E-state index in [0.717, 1.165) is 31.6 Å². The first kappa shape index (κ1) is 13.7. The van der Waals surface area contributed by atoms with Crippen LogP contribution in [0.2, 0.25) is 0 Å². The molecule has 5 nitrogen and oxygen atoms in total. The van der Waals surface area contributed by atoms with E-state index in [2.05, 4.69) is 16.8 Å². The summed E-state index contributed by atoms with van der Waals surface area (Å²) in [5.41, 5.74) is 13.4. The van der Waals surface area contributed by atoms with E-state index in [1.165, 1.54) is 0 Å². The summed E-state index contributed by atoms with van der Waals surface area (Å²) >= 11 is 0. The van der Waals surface area contributed by atoms with E-state index in [9.17, 15) is 4.79 Å². The molecule has 1 aliphatic heterocycles. The van der Waals surface area contributed by atoms with Crippen molar-refractivity contribution in [3.63, 3.8) is 0 Å². The van der Waals surface area contributed by atoms with Gasteiger partial charge in [-0.05, 0) is 51.2 Å². The van der Waals surface area contributed by atoms with Gasteiger partial charge < -0.3 is 21.3 Å². The Morgan fingerprint density at radius 3 is 2.58 bits per heavy atom. The SMILES string of the molecule is CN1CCC(N(C)c2cc(C(N)=O)ccc2N)CC1. The van der Waals surface area contributed by atoms with Crippen molar-refractivity contribution < 1.29 is 4.79 Å². The first-order valence-electron chi connectivity index (χ1n) is 6.59. The third-order valence-corrected chi connectivity index (χ3v) is 3.93. The van der Waals surface area contributed by atoms with Crippen LogP contribution < -0.4 is 16.4 Å². The number of carbonyl (C=O) groups excluding carboxylic acids is 1. The summed E-state index contributed by atoms with van der Waals surface area (Å²) in [5.74, 6) is -0.418. The lowest BCUT2D eigenvalue weighted by molar-refractivity contribution is 0.100. The summed E-state index contributed by atoms with van der Waals surface area (Å²) in [6, 6.07) is 5.67. The van der Waals surface area contributed by atoms with Crippen molar-refractivity contribution in [1.82, 2.24) is 4.90 Å². The van der Waals surface area contributed by atoms with Crippen LogP contribution in [-0.2, 0) is 0 Å². The Morgan fingerprint density at radius 2 is 2.00 bits per heavy atom. The number of anilines is 2. The van der Waals surface area contributed by atoms with Crippen LogP contribution in [0.3, 0.4) is 0 Å². The first-order valence-corrected chi connectivity index (χ1v) is 6.59. The van der Waals surface area contributed by atoms with E-state index in [1.807, 2.05) is 7.05 Å². The number of hydrogen-bond acceptors (Lipinski definition) is 4. The van der Waals surface area contributed by atoms with Crippen molar-refractivity contribution in [1.29, 1.82) is 0 Å². The predicted molar refractivity (Wildman–Crippen MR) is 78.3 cm³/mol. The maximum absolute atomic E-state index is 11.3. The van der Waals surface area contributed by atoms with Crippen molar-refractivity contribution in [3.8, 4) is 0 Å². The quantitative estimate of drug-likeness (QED) is 0.794. The lowest BCUT2D eigenvalue weighted by atomic mass is 10.0. The molecule has 2 rings (SSSR count). The maximum atomic E-state index is 11.3. The molecule has 1 amide bonds. The minimum absolute atomic E-state index is 0.418. The molecule has 1 saturated heterocycles. The predicted octanol–water partition coefficient (Wildman–Crippen LogP) is 0.898. The van der Waals surface area contributed by atoms with Crippen LogP contribution in [-0.4, -0.2) is 44.0 Å². The zero-order valence-corrected chi connectivity index (χ0v) is 11.6. The lowest BCUT2D eigenvalue weighted by Crippen LogP contribution is -2.42. The molecule has 0 radical (unpaired) electrons. The number of rotatable bonds is 3. The number of nitrogens with two attached hydrogens (primary N) is 2. The molecule has 0 saturated carbocycles. The molecular formula is C14H22N4O. The number of nitrogen functional groups attached to an aromatic ring is 1. The smallest absolute Gasteiger partial charge is 0.248 e. The van der Waals surface area contributed by atoms with Gasteiger partial charge in [0, 0.05) is 18.7 Å². The highest BCUT2D eigenvalue weighted by Gasteiger charge is 2.22. The van der Waals surface area contributed by atoms with Crippen LogP contribution in [0.25, 0.3) is 0 Å². The molecule has 0 unspecified atom stereocenters. The van der Waals surface area contributed by atoms with Gasteiger partial charge >= 0.3 is 0 Å². The van der Waals surface area contributed by atoms with Gasteiger partial charge in [-0.2, -0.15) is 0 Å². The van der Waals surface area contributed by atoms with E-state index < -0.39 is 5.91 Å². The van der Waals surface area contributed by atoms with Crippen LogP contribution in [0, 0.1) is 0 Å². The van der Waals surface area contributed by atoms with Crippen molar-refractivity contribution in [2.24, 2.45) is 5.73 Å². The van der Waals surface area contributed by atoms with Gasteiger partial charge in [-0.3, -0.25) is 4.79 Å². The van der Waals surface area contributed by atoms with Crippen LogP contribution in [0.5, 0.6) is 0 Å². The van der Waals surface area contributed by atoms with Gasteiger partial charge in [0.1, 0.15) is 0 Å². The molecular weight excluding hydrogens is 240 g/mol. The molecule has 0 bridgehead atoms. The Hall–Kier alpha value is -1.75. The van der Waals surface area contributed by atoms with Crippen LogP contribution in [0.1, 0.15) is 23.2 Å². The summed E-state index contributed by atoms with van der Waals surface area (Å²) in [7, 11) is 4.17. The van der Waals surface area contributed by atoms with Gasteiger partial charge in [0.25, 0.3) is 0 Å². The van der Waals surface area contributed by atoms with Crippen molar-refractivity contribution in [2.75, 3.05) is 37.8 Å². The fourth-order valence-corrected chi connectivity index (χ4v) is 2.58. The standard InChI is InChI=1S/C14H22N4O/c1-17-7-5-11(6-8-17)18(2)13-9-10(14(16)19)3-4-12(13)15/h3-4,9,11H,5-8,15H2,1-2H3,(H2,16,19). The van der Waals surface area contributed by atoms with Gasteiger partial charge in [0.15, 0.2) is 0 Å². The Labute approximate surface area is 114 Å². The fraction of sp³-hybridized carbons (Fsp3) is 0.500. The van der Waals surface area contributed by atoms with Crippen molar-refractivity contribution in [3.05, 3.63) is 23.8 Å². The minimum Gasteiger partial charge on any atom is -0.397 e. The molecule has 1 fully saturated rings. The number of amides is 1. The van der Waals surface area contributed by atoms with Gasteiger partial charge in [-0.1, -0.05) is 0 Å². The molecule has 19 heavy (non-hydrogen) atoms. The number of carbonyl (C=O) groups is 1. The highest BCUT2D eigenvalue weighted by atomic mass is 16.1. The molecule has 4 N–H and O–H groups in total. The maximum Gasteiger partial charge on any atom is 0.248 e. The van der Waals surface area contributed by atoms with E-state index in [-0.39, 0.29) is 0 Å². The van der Waals surface area contributed by atoms with Crippen molar-refractivity contribution >= 4 is 17.3 Å². The first-order chi connectivity index (χ1) is 8.99. The summed E-state index contributed by atoms with van der Waals surface area (Å²) in [4.78, 5) is 15.8. The van der Waals surface area contributed by atoms with Gasteiger partial charge in [-0.15, -0.1) is 0 Å². The fourth-order valence-electron chi connectivity index (χ4n) is 2.58. The molecule has 0 aliphatic carbocycles. The minimum atomic E-state index is -0.418. The Balaban J connectivity index is 2.20. The summed E-state index contributed by atoms with van der Waals surface area (Å²) in [6.07, 6.45) is 2.21. The van der Waals surface area contributed by atoms with E-state index >= 15 is 0 Å². The van der Waals surface area contributed by atoms with Crippen LogP contribution in [0.4, 0.5) is 11.4 Å². The van der Waals surface area contributed by atoms with Gasteiger partial charge in [0.2, 0.25) is 5.91 Å². The second kappa shape index (κ2) is 5.48. The molecule has 1 aromatic carbocycles. The molecule has 1 aliphatic rings. The summed E-state index contributed by atoms with van der Waals surface area (Å²) in [6.45, 7) is 2.18.